The summed E-state index contributed by atoms with van der Waals surface area (Å²) in [6, 6.07) is 7.66. The van der Waals surface area contributed by atoms with Gasteiger partial charge in [-0.1, -0.05) is 64.0 Å². The van der Waals surface area contributed by atoms with Crippen LogP contribution in [-0.4, -0.2) is 18.6 Å². The number of carbonyl (C=O) groups is 1. The Bertz CT molecular complexity index is 499. The molecular weight excluding hydrogens is 268 g/mol. The fraction of sp³-hybridized carbons (Fsp3) is 0.500. The molecule has 1 aromatic rings. The van der Waals surface area contributed by atoms with E-state index in [4.69, 9.17) is 10.5 Å². The highest BCUT2D eigenvalue weighted by atomic mass is 16.8. The van der Waals surface area contributed by atoms with E-state index in [1.165, 1.54) is 5.56 Å². The zero-order valence-corrected chi connectivity index (χ0v) is 13.3. The first-order valence-electron chi connectivity index (χ1n) is 6.98. The monoisotopic (exact) mass is 292 g/mol. The Labute approximate surface area is 126 Å². The van der Waals surface area contributed by atoms with Crippen LogP contribution in [0.4, 0.5) is 4.79 Å². The highest BCUT2D eigenvalue weighted by molar-refractivity contribution is 5.97. The quantitative estimate of drug-likeness (QED) is 0.303. The number of nitrogens with zero attached hydrogens (tertiary/aromatic N) is 1. The molecule has 0 saturated carbocycles. The van der Waals surface area contributed by atoms with Crippen LogP contribution in [0.3, 0.4) is 0 Å². The molecule has 21 heavy (non-hydrogen) atoms. The van der Waals surface area contributed by atoms with Gasteiger partial charge in [0.1, 0.15) is 0 Å². The number of carbonyl (C=O) groups excluding carboxylic acids is 1. The van der Waals surface area contributed by atoms with E-state index in [0.29, 0.717) is 5.56 Å². The van der Waals surface area contributed by atoms with Gasteiger partial charge in [-0.15, -0.1) is 0 Å². The number of rotatable bonds is 4. The van der Waals surface area contributed by atoms with Crippen LogP contribution in [0.2, 0.25) is 0 Å². The normalized spacial score (nSPS) is 12.4. The van der Waals surface area contributed by atoms with Crippen molar-refractivity contribution in [3.05, 3.63) is 35.4 Å². The van der Waals surface area contributed by atoms with E-state index in [9.17, 15) is 4.79 Å². The Hall–Kier alpha value is -2.04. The van der Waals surface area contributed by atoms with Crippen molar-refractivity contribution < 1.29 is 14.4 Å². The fourth-order valence-corrected chi connectivity index (χ4v) is 1.54. The SMILES string of the molecule is CC(C)COC(=O)O/N=C(\N)c1ccc(C(C)(C)C)cc1. The summed E-state index contributed by atoms with van der Waals surface area (Å²) in [7, 11) is 0. The van der Waals surface area contributed by atoms with Crippen molar-refractivity contribution in [2.75, 3.05) is 6.61 Å². The first-order valence-corrected chi connectivity index (χ1v) is 6.98. The van der Waals surface area contributed by atoms with Gasteiger partial charge in [-0.25, -0.2) is 4.79 Å². The van der Waals surface area contributed by atoms with Crippen molar-refractivity contribution in [1.29, 1.82) is 0 Å². The van der Waals surface area contributed by atoms with Crippen molar-refractivity contribution in [1.82, 2.24) is 0 Å². The number of hydrogen-bond acceptors (Lipinski definition) is 4. The third-order valence-corrected chi connectivity index (χ3v) is 2.80. The summed E-state index contributed by atoms with van der Waals surface area (Å²) in [5, 5.41) is 3.58. The second-order valence-corrected chi connectivity index (χ2v) is 6.35. The summed E-state index contributed by atoms with van der Waals surface area (Å²) in [4.78, 5) is 15.9. The Morgan fingerprint density at radius 2 is 1.81 bits per heavy atom. The molecule has 1 aromatic carbocycles. The lowest BCUT2D eigenvalue weighted by atomic mass is 9.87. The molecule has 0 heterocycles. The number of amidine groups is 1. The molecule has 0 atom stereocenters. The maximum atomic E-state index is 11.3. The summed E-state index contributed by atoms with van der Waals surface area (Å²) in [6.07, 6.45) is -0.849. The Morgan fingerprint density at radius 3 is 2.29 bits per heavy atom. The lowest BCUT2D eigenvalue weighted by molar-refractivity contribution is 0.0494. The van der Waals surface area contributed by atoms with Crippen LogP contribution < -0.4 is 5.73 Å². The minimum atomic E-state index is -0.849. The van der Waals surface area contributed by atoms with E-state index in [0.717, 1.165) is 0 Å². The van der Waals surface area contributed by atoms with E-state index in [1.54, 1.807) is 0 Å². The van der Waals surface area contributed by atoms with Gasteiger partial charge in [0, 0.05) is 5.56 Å². The molecule has 0 amide bonds. The minimum absolute atomic E-state index is 0.0710. The molecule has 0 spiro atoms. The number of oxime groups is 1. The van der Waals surface area contributed by atoms with Gasteiger partial charge in [-0.3, -0.25) is 4.84 Å². The van der Waals surface area contributed by atoms with Gasteiger partial charge in [0.25, 0.3) is 0 Å². The molecule has 0 bridgehead atoms. The molecule has 1 rings (SSSR count). The molecule has 2 N–H and O–H groups in total. The summed E-state index contributed by atoms with van der Waals surface area (Å²) in [5.74, 6) is 0.376. The average Bonchev–Trinajstić information content (AvgIpc) is 2.41. The molecule has 116 valence electrons. The Morgan fingerprint density at radius 1 is 1.24 bits per heavy atom. The van der Waals surface area contributed by atoms with Gasteiger partial charge in [0.05, 0.1) is 6.61 Å². The fourth-order valence-electron chi connectivity index (χ4n) is 1.54. The Kier molecular flexibility index (Phi) is 5.76. The van der Waals surface area contributed by atoms with E-state index >= 15 is 0 Å². The van der Waals surface area contributed by atoms with Crippen molar-refractivity contribution >= 4 is 12.0 Å². The molecule has 0 aliphatic carbocycles. The number of nitrogens with two attached hydrogens (primary N) is 1. The summed E-state index contributed by atoms with van der Waals surface area (Å²) in [5.41, 5.74) is 7.73. The van der Waals surface area contributed by atoms with Crippen molar-refractivity contribution in [3.8, 4) is 0 Å². The smallest absolute Gasteiger partial charge is 0.432 e. The molecule has 0 radical (unpaired) electrons. The second-order valence-electron chi connectivity index (χ2n) is 6.35. The van der Waals surface area contributed by atoms with Gasteiger partial charge in [-0.05, 0) is 16.9 Å². The predicted molar refractivity (Wildman–Crippen MR) is 83.1 cm³/mol. The zero-order valence-electron chi connectivity index (χ0n) is 13.3. The first kappa shape index (κ1) is 17.0. The van der Waals surface area contributed by atoms with E-state index < -0.39 is 6.16 Å². The number of ether oxygens (including phenoxy) is 1. The van der Waals surface area contributed by atoms with Crippen molar-refractivity contribution in [3.63, 3.8) is 0 Å². The largest absolute Gasteiger partial charge is 0.535 e. The molecule has 0 aliphatic heterocycles. The van der Waals surface area contributed by atoms with Gasteiger partial charge >= 0.3 is 6.16 Å². The maximum Gasteiger partial charge on any atom is 0.535 e. The van der Waals surface area contributed by atoms with Crippen molar-refractivity contribution in [2.45, 2.75) is 40.0 Å². The van der Waals surface area contributed by atoms with Crippen LogP contribution in [-0.2, 0) is 15.0 Å². The molecule has 0 saturated heterocycles. The lowest BCUT2D eigenvalue weighted by Crippen LogP contribution is -2.17. The predicted octanol–water partition coefficient (Wildman–Crippen LogP) is 3.41. The highest BCUT2D eigenvalue weighted by Gasteiger charge is 2.13. The van der Waals surface area contributed by atoms with Crippen LogP contribution >= 0.6 is 0 Å². The Balaban J connectivity index is 2.64. The average molecular weight is 292 g/mol. The summed E-state index contributed by atoms with van der Waals surface area (Å²) < 4.78 is 4.83. The van der Waals surface area contributed by atoms with Gasteiger partial charge in [-0.2, -0.15) is 0 Å². The van der Waals surface area contributed by atoms with Crippen molar-refractivity contribution in [2.24, 2.45) is 16.8 Å². The van der Waals surface area contributed by atoms with Crippen LogP contribution in [0.25, 0.3) is 0 Å². The van der Waals surface area contributed by atoms with E-state index in [-0.39, 0.29) is 23.8 Å². The molecular formula is C16H24N2O3. The molecule has 0 fully saturated rings. The number of benzene rings is 1. The van der Waals surface area contributed by atoms with E-state index in [2.05, 4.69) is 30.8 Å². The first-order chi connectivity index (χ1) is 9.70. The van der Waals surface area contributed by atoms with E-state index in [1.807, 2.05) is 38.1 Å². The topological polar surface area (TPSA) is 73.9 Å². The van der Waals surface area contributed by atoms with Gasteiger partial charge in [0.15, 0.2) is 5.84 Å². The minimum Gasteiger partial charge on any atom is -0.432 e. The standard InChI is InChI=1S/C16H24N2O3/c1-11(2)10-20-15(19)21-18-14(17)12-6-8-13(9-7-12)16(3,4)5/h6-9,11H,10H2,1-5H3,(H2,17,18). The summed E-state index contributed by atoms with van der Waals surface area (Å²) >= 11 is 0. The number of hydrogen-bond donors (Lipinski definition) is 1. The van der Waals surface area contributed by atoms with Gasteiger partial charge < -0.3 is 10.5 Å². The molecule has 5 heteroatoms. The molecule has 5 nitrogen and oxygen atoms in total. The second kappa shape index (κ2) is 7.11. The molecule has 0 unspecified atom stereocenters. The van der Waals surface area contributed by atoms with Crippen LogP contribution in [0.5, 0.6) is 0 Å². The van der Waals surface area contributed by atoms with Crippen LogP contribution in [0, 0.1) is 5.92 Å². The van der Waals surface area contributed by atoms with Crippen LogP contribution in [0.15, 0.2) is 29.4 Å². The molecule has 0 aliphatic rings. The highest BCUT2D eigenvalue weighted by Crippen LogP contribution is 2.22. The zero-order chi connectivity index (χ0) is 16.0. The third kappa shape index (κ3) is 5.85. The third-order valence-electron chi connectivity index (χ3n) is 2.80. The maximum absolute atomic E-state index is 11.3. The van der Waals surface area contributed by atoms with Crippen LogP contribution in [0.1, 0.15) is 45.7 Å². The summed E-state index contributed by atoms with van der Waals surface area (Å²) in [6.45, 7) is 10.5. The molecule has 0 aromatic heterocycles. The van der Waals surface area contributed by atoms with Gasteiger partial charge in [0.2, 0.25) is 0 Å². The lowest BCUT2D eigenvalue weighted by Gasteiger charge is -2.18.